The Morgan fingerprint density at radius 1 is 0.875 bits per heavy atom. The standard InChI is InChI=1S/C44H54N4O8/c1-44(2,3)46-40(51)37-21-20-30-12-7-8-15-36(30)47(37)25-34-23-38(31-18-16-28(26-49)17-19-31)56-42(55-34)32-13-9-14-33(22-32)48-39(50)24-35(41(48)52)45-43(53)54-27-29-10-5-4-6-11-29/h4-6,9-11,13-14,16-19,22,30,34-38,42,49H,7-8,12,15,20-21,23-27H2,1-3H3,(H,45,53)(H,46,51)/t30-,34+,35?,36-,37-,38-,42-/m1/s1. The first-order chi connectivity index (χ1) is 27.0. The fraction of sp³-hybridized carbons (Fsp3) is 0.500. The van der Waals surface area contributed by atoms with Gasteiger partial charge in [0.15, 0.2) is 6.29 Å². The van der Waals surface area contributed by atoms with Crippen molar-refractivity contribution < 1.29 is 38.5 Å². The minimum atomic E-state index is -1.07. The summed E-state index contributed by atoms with van der Waals surface area (Å²) in [6.07, 6.45) is 4.43. The van der Waals surface area contributed by atoms with Crippen molar-refractivity contribution in [2.75, 3.05) is 11.4 Å². The SMILES string of the molecule is CC(C)(C)NC(=O)[C@H]1CC[C@H]2CCCC[C@H]2N1C[C@@H]1C[C@H](c2ccc(CO)cc2)O[C@H](c2cccc(N3C(=O)CC(NC(=O)OCc4ccccc4)C3=O)c2)O1. The molecule has 1 unspecified atom stereocenters. The minimum absolute atomic E-state index is 0.0337. The van der Waals surface area contributed by atoms with Crippen LogP contribution in [0.2, 0.25) is 0 Å². The van der Waals surface area contributed by atoms with E-state index in [9.17, 15) is 24.3 Å². The molecule has 0 bridgehead atoms. The van der Waals surface area contributed by atoms with Crippen molar-refractivity contribution in [3.05, 3.63) is 101 Å². The molecule has 56 heavy (non-hydrogen) atoms. The second-order valence-corrected chi connectivity index (χ2v) is 16.6. The first-order valence-electron chi connectivity index (χ1n) is 20.0. The number of hydrogen-bond donors (Lipinski definition) is 3. The van der Waals surface area contributed by atoms with E-state index in [4.69, 9.17) is 14.2 Å². The number of hydrogen-bond acceptors (Lipinski definition) is 9. The molecule has 3 heterocycles. The Labute approximate surface area is 328 Å². The lowest BCUT2D eigenvalue weighted by Gasteiger charge is -2.50. The smallest absolute Gasteiger partial charge is 0.408 e. The quantitative estimate of drug-likeness (QED) is 0.205. The number of likely N-dealkylation sites (tertiary alicyclic amines) is 1. The van der Waals surface area contributed by atoms with Gasteiger partial charge in [-0.1, -0.05) is 79.6 Å². The predicted octanol–water partition coefficient (Wildman–Crippen LogP) is 6.22. The number of imide groups is 1. The maximum atomic E-state index is 13.8. The van der Waals surface area contributed by atoms with Gasteiger partial charge in [0.05, 0.1) is 37.0 Å². The highest BCUT2D eigenvalue weighted by Gasteiger charge is 2.45. The Morgan fingerprint density at radius 3 is 2.39 bits per heavy atom. The number of ether oxygens (including phenoxy) is 3. The van der Waals surface area contributed by atoms with Gasteiger partial charge in [0, 0.05) is 30.1 Å². The molecule has 3 aliphatic heterocycles. The number of nitrogens with zero attached hydrogens (tertiary/aromatic N) is 2. The fourth-order valence-electron chi connectivity index (χ4n) is 8.73. The first-order valence-corrected chi connectivity index (χ1v) is 20.0. The average Bonchev–Trinajstić information content (AvgIpc) is 3.47. The van der Waals surface area contributed by atoms with Crippen molar-refractivity contribution in [3.63, 3.8) is 0 Å². The summed E-state index contributed by atoms with van der Waals surface area (Å²) in [5, 5.41) is 15.5. The number of carbonyl (C=O) groups is 4. The normalized spacial score (nSPS) is 27.1. The highest BCUT2D eigenvalue weighted by molar-refractivity contribution is 6.22. The van der Waals surface area contributed by atoms with Crippen LogP contribution in [0.25, 0.3) is 0 Å². The van der Waals surface area contributed by atoms with Gasteiger partial charge in [0.25, 0.3) is 5.91 Å². The number of nitrogens with one attached hydrogen (secondary N) is 2. The molecule has 7 atom stereocenters. The Kier molecular flexibility index (Phi) is 12.2. The molecule has 0 aromatic heterocycles. The lowest BCUT2D eigenvalue weighted by Crippen LogP contribution is -2.61. The van der Waals surface area contributed by atoms with E-state index in [1.54, 1.807) is 18.2 Å². The van der Waals surface area contributed by atoms with Crippen LogP contribution in [0.5, 0.6) is 0 Å². The molecule has 4 amide bonds. The second-order valence-electron chi connectivity index (χ2n) is 16.6. The highest BCUT2D eigenvalue weighted by Crippen LogP contribution is 2.42. The molecule has 3 aromatic rings. The Hall–Kier alpha value is -4.62. The van der Waals surface area contributed by atoms with Crippen LogP contribution >= 0.6 is 0 Å². The summed E-state index contributed by atoms with van der Waals surface area (Å²) in [4.78, 5) is 56.8. The molecule has 298 valence electrons. The van der Waals surface area contributed by atoms with E-state index in [2.05, 4.69) is 15.5 Å². The number of carbonyl (C=O) groups excluding carboxylic acids is 4. The van der Waals surface area contributed by atoms with E-state index in [1.165, 1.54) is 6.42 Å². The van der Waals surface area contributed by atoms with Gasteiger partial charge in [-0.3, -0.25) is 19.3 Å². The fourth-order valence-corrected chi connectivity index (χ4v) is 8.73. The summed E-state index contributed by atoms with van der Waals surface area (Å²) in [5.74, 6) is -0.416. The largest absolute Gasteiger partial charge is 0.445 e. The third kappa shape index (κ3) is 9.32. The third-order valence-electron chi connectivity index (χ3n) is 11.4. The molecule has 1 saturated carbocycles. The van der Waals surface area contributed by atoms with Gasteiger partial charge in [0.2, 0.25) is 11.8 Å². The summed E-state index contributed by atoms with van der Waals surface area (Å²) in [5.41, 5.74) is 3.14. The van der Waals surface area contributed by atoms with Crippen LogP contribution in [0.3, 0.4) is 0 Å². The van der Waals surface area contributed by atoms with Crippen LogP contribution in [0.15, 0.2) is 78.9 Å². The number of aliphatic hydroxyl groups is 1. The summed E-state index contributed by atoms with van der Waals surface area (Å²) >= 11 is 0. The molecule has 12 nitrogen and oxygen atoms in total. The Balaban J connectivity index is 1.11. The number of rotatable bonds is 10. The van der Waals surface area contributed by atoms with E-state index in [1.807, 2.05) is 81.4 Å². The van der Waals surface area contributed by atoms with Crippen molar-refractivity contribution in [3.8, 4) is 0 Å². The minimum Gasteiger partial charge on any atom is -0.445 e. The van der Waals surface area contributed by atoms with Crippen LogP contribution in [0.1, 0.15) is 107 Å². The van der Waals surface area contributed by atoms with Crippen molar-refractivity contribution in [2.24, 2.45) is 5.92 Å². The molecular weight excluding hydrogens is 713 g/mol. The lowest BCUT2D eigenvalue weighted by atomic mass is 9.75. The lowest BCUT2D eigenvalue weighted by molar-refractivity contribution is -0.255. The van der Waals surface area contributed by atoms with E-state index in [-0.39, 0.29) is 55.4 Å². The maximum Gasteiger partial charge on any atom is 0.408 e. The van der Waals surface area contributed by atoms with Crippen LogP contribution in [-0.4, -0.2) is 70.1 Å². The van der Waals surface area contributed by atoms with Crippen molar-refractivity contribution >= 4 is 29.5 Å². The predicted molar refractivity (Wildman–Crippen MR) is 209 cm³/mol. The molecule has 12 heteroatoms. The number of amides is 4. The second kappa shape index (κ2) is 17.3. The van der Waals surface area contributed by atoms with E-state index in [0.29, 0.717) is 30.1 Å². The zero-order valence-corrected chi connectivity index (χ0v) is 32.5. The molecule has 4 aliphatic rings. The van der Waals surface area contributed by atoms with Crippen LogP contribution < -0.4 is 15.5 Å². The van der Waals surface area contributed by atoms with Gasteiger partial charge in [-0.05, 0) is 81.2 Å². The summed E-state index contributed by atoms with van der Waals surface area (Å²) in [6.45, 7) is 6.54. The summed E-state index contributed by atoms with van der Waals surface area (Å²) < 4.78 is 18.8. The molecule has 3 aromatic carbocycles. The topological polar surface area (TPSA) is 147 Å². The number of anilines is 1. The van der Waals surface area contributed by atoms with Gasteiger partial charge in [-0.15, -0.1) is 0 Å². The number of piperidine rings is 1. The maximum absolute atomic E-state index is 13.8. The summed E-state index contributed by atoms with van der Waals surface area (Å²) in [7, 11) is 0. The van der Waals surface area contributed by atoms with Gasteiger partial charge < -0.3 is 30.0 Å². The molecule has 3 N–H and O–H groups in total. The molecule has 4 fully saturated rings. The molecule has 1 aliphatic carbocycles. The van der Waals surface area contributed by atoms with Crippen LogP contribution in [0, 0.1) is 5.92 Å². The Bertz CT molecular complexity index is 1860. The van der Waals surface area contributed by atoms with Crippen molar-refractivity contribution in [2.45, 2.75) is 128 Å². The number of alkyl carbamates (subject to hydrolysis) is 1. The van der Waals surface area contributed by atoms with Crippen molar-refractivity contribution in [1.82, 2.24) is 15.5 Å². The number of aliphatic hydroxyl groups excluding tert-OH is 1. The van der Waals surface area contributed by atoms with E-state index >= 15 is 0 Å². The summed E-state index contributed by atoms with van der Waals surface area (Å²) in [6, 6.07) is 22.8. The van der Waals surface area contributed by atoms with Gasteiger partial charge >= 0.3 is 6.09 Å². The zero-order valence-electron chi connectivity index (χ0n) is 32.5. The molecule has 3 saturated heterocycles. The molecular formula is C44H54N4O8. The van der Waals surface area contributed by atoms with E-state index in [0.717, 1.165) is 53.7 Å². The number of fused-ring (bicyclic) bond motifs is 1. The van der Waals surface area contributed by atoms with Crippen LogP contribution in [0.4, 0.5) is 10.5 Å². The third-order valence-corrected chi connectivity index (χ3v) is 11.4. The number of benzene rings is 3. The Morgan fingerprint density at radius 2 is 1.64 bits per heavy atom. The van der Waals surface area contributed by atoms with E-state index < -0.39 is 30.2 Å². The van der Waals surface area contributed by atoms with Gasteiger partial charge in [-0.25, -0.2) is 9.69 Å². The van der Waals surface area contributed by atoms with Gasteiger partial charge in [0.1, 0.15) is 12.6 Å². The highest BCUT2D eigenvalue weighted by atomic mass is 16.7. The monoisotopic (exact) mass is 766 g/mol. The zero-order chi connectivity index (χ0) is 39.4. The van der Waals surface area contributed by atoms with Gasteiger partial charge in [-0.2, -0.15) is 0 Å². The van der Waals surface area contributed by atoms with Crippen LogP contribution in [-0.2, 0) is 41.8 Å². The molecule has 0 radical (unpaired) electrons. The molecule has 7 rings (SSSR count). The first kappa shape index (κ1) is 39.6. The molecule has 0 spiro atoms. The van der Waals surface area contributed by atoms with Crippen molar-refractivity contribution in [1.29, 1.82) is 0 Å². The average molecular weight is 767 g/mol.